The van der Waals surface area contributed by atoms with Crippen molar-refractivity contribution in [2.75, 3.05) is 6.61 Å². The van der Waals surface area contributed by atoms with E-state index in [0.29, 0.717) is 11.6 Å². The van der Waals surface area contributed by atoms with E-state index in [4.69, 9.17) is 22.0 Å². The number of nitrogens with one attached hydrogen (secondary N) is 2. The summed E-state index contributed by atoms with van der Waals surface area (Å²) < 4.78 is 0. The minimum atomic E-state index is -0.599. The zero-order valence-electron chi connectivity index (χ0n) is 12.0. The van der Waals surface area contributed by atoms with E-state index in [0.717, 1.165) is 5.56 Å². The third-order valence-corrected chi connectivity index (χ3v) is 2.99. The van der Waals surface area contributed by atoms with Gasteiger partial charge >= 0.3 is 0 Å². The van der Waals surface area contributed by atoms with Gasteiger partial charge in [-0.15, -0.1) is 0 Å². The molecule has 0 saturated heterocycles. The molecule has 0 aromatic heterocycles. The maximum atomic E-state index is 11.9. The van der Waals surface area contributed by atoms with Crippen LogP contribution >= 0.6 is 11.6 Å². The molecule has 0 heterocycles. The first kappa shape index (κ1) is 17.0. The Morgan fingerprint density at radius 2 is 2.05 bits per heavy atom. The van der Waals surface area contributed by atoms with Gasteiger partial charge in [0.05, 0.1) is 12.1 Å². The van der Waals surface area contributed by atoms with E-state index in [1.807, 2.05) is 6.07 Å². The average molecular weight is 308 g/mol. The first-order chi connectivity index (χ1) is 9.88. The molecule has 0 unspecified atom stereocenters. The van der Waals surface area contributed by atoms with Crippen molar-refractivity contribution in [3.63, 3.8) is 0 Å². The van der Waals surface area contributed by atoms with Crippen LogP contribution in [0.5, 0.6) is 0 Å². The number of aliphatic hydroxyl groups excluding tert-OH is 1. The number of nitrogens with zero attached hydrogens (tertiary/aromatic N) is 1. The highest BCUT2D eigenvalue weighted by atomic mass is 35.5. The van der Waals surface area contributed by atoms with E-state index in [2.05, 4.69) is 10.6 Å². The summed E-state index contributed by atoms with van der Waals surface area (Å²) in [6.45, 7) is 3.70. The standard InChI is InChI=1S/C15H18ClN3O2/c1-15(2,10-20)19-9-12(7-17)14(21)18-8-11-3-5-13(16)6-4-11/h3-6,9,19-20H,8,10H2,1-2H3,(H,18,21)/b12-9-. The van der Waals surface area contributed by atoms with Gasteiger partial charge in [0.1, 0.15) is 11.6 Å². The smallest absolute Gasteiger partial charge is 0.263 e. The summed E-state index contributed by atoms with van der Waals surface area (Å²) in [6, 6.07) is 8.89. The third-order valence-electron chi connectivity index (χ3n) is 2.73. The molecule has 0 spiro atoms. The van der Waals surface area contributed by atoms with Crippen LogP contribution in [0.25, 0.3) is 0 Å². The van der Waals surface area contributed by atoms with Crippen molar-refractivity contribution in [3.8, 4) is 6.07 Å². The molecule has 21 heavy (non-hydrogen) atoms. The van der Waals surface area contributed by atoms with Gasteiger partial charge < -0.3 is 15.7 Å². The molecule has 0 saturated carbocycles. The highest BCUT2D eigenvalue weighted by molar-refractivity contribution is 6.30. The highest BCUT2D eigenvalue weighted by Gasteiger charge is 2.15. The van der Waals surface area contributed by atoms with E-state index < -0.39 is 11.4 Å². The topological polar surface area (TPSA) is 85.2 Å². The maximum Gasteiger partial charge on any atom is 0.263 e. The minimum Gasteiger partial charge on any atom is -0.394 e. The van der Waals surface area contributed by atoms with Crippen LogP contribution in [-0.4, -0.2) is 23.2 Å². The number of rotatable bonds is 6. The average Bonchev–Trinajstić information content (AvgIpc) is 2.47. The number of benzene rings is 1. The molecular formula is C15H18ClN3O2. The number of carbonyl (C=O) groups excluding carboxylic acids is 1. The molecule has 1 amide bonds. The molecule has 0 atom stereocenters. The summed E-state index contributed by atoms with van der Waals surface area (Å²) >= 11 is 5.78. The monoisotopic (exact) mass is 307 g/mol. The summed E-state index contributed by atoms with van der Waals surface area (Å²) in [5, 5.41) is 24.2. The van der Waals surface area contributed by atoms with Crippen molar-refractivity contribution in [1.82, 2.24) is 10.6 Å². The Balaban J connectivity index is 2.62. The summed E-state index contributed by atoms with van der Waals surface area (Å²) in [6.07, 6.45) is 1.31. The van der Waals surface area contributed by atoms with Crippen LogP contribution in [0.2, 0.25) is 5.02 Å². The lowest BCUT2D eigenvalue weighted by Crippen LogP contribution is -2.40. The zero-order chi connectivity index (χ0) is 15.9. The lowest BCUT2D eigenvalue weighted by atomic mass is 10.1. The summed E-state index contributed by atoms with van der Waals surface area (Å²) in [5.41, 5.74) is 0.234. The number of hydrogen-bond acceptors (Lipinski definition) is 4. The van der Waals surface area contributed by atoms with E-state index in [-0.39, 0.29) is 12.2 Å². The van der Waals surface area contributed by atoms with Gasteiger partial charge in [0.25, 0.3) is 5.91 Å². The minimum absolute atomic E-state index is 0.0505. The number of nitriles is 1. The van der Waals surface area contributed by atoms with Crippen LogP contribution in [0, 0.1) is 11.3 Å². The van der Waals surface area contributed by atoms with Crippen LogP contribution in [0.1, 0.15) is 19.4 Å². The Bertz CT molecular complexity index is 559. The number of amides is 1. The summed E-state index contributed by atoms with van der Waals surface area (Å²) in [7, 11) is 0. The lowest BCUT2D eigenvalue weighted by Gasteiger charge is -2.22. The molecule has 0 radical (unpaired) electrons. The van der Waals surface area contributed by atoms with Gasteiger partial charge in [-0.3, -0.25) is 4.79 Å². The Morgan fingerprint density at radius 1 is 1.43 bits per heavy atom. The molecule has 3 N–H and O–H groups in total. The van der Waals surface area contributed by atoms with Gasteiger partial charge in [0, 0.05) is 17.8 Å². The summed E-state index contributed by atoms with van der Waals surface area (Å²) in [4.78, 5) is 11.9. The van der Waals surface area contributed by atoms with Crippen molar-refractivity contribution in [2.45, 2.75) is 25.9 Å². The zero-order valence-corrected chi connectivity index (χ0v) is 12.7. The fourth-order valence-electron chi connectivity index (χ4n) is 1.34. The highest BCUT2D eigenvalue weighted by Crippen LogP contribution is 2.09. The van der Waals surface area contributed by atoms with Crippen molar-refractivity contribution in [3.05, 3.63) is 46.6 Å². The second kappa shape index (κ2) is 7.67. The van der Waals surface area contributed by atoms with Crippen LogP contribution in [-0.2, 0) is 11.3 Å². The van der Waals surface area contributed by atoms with Crippen LogP contribution in [0.3, 0.4) is 0 Å². The van der Waals surface area contributed by atoms with Crippen LogP contribution < -0.4 is 10.6 Å². The normalized spacial score (nSPS) is 11.7. The van der Waals surface area contributed by atoms with Gasteiger partial charge in [-0.25, -0.2) is 0 Å². The molecule has 0 fully saturated rings. The Hall–Kier alpha value is -2.03. The summed E-state index contributed by atoms with van der Waals surface area (Å²) in [5.74, 6) is -0.478. The molecule has 1 rings (SSSR count). The fraction of sp³-hybridized carbons (Fsp3) is 0.333. The Labute approximate surface area is 129 Å². The number of carbonyl (C=O) groups is 1. The van der Waals surface area contributed by atoms with Crippen molar-refractivity contribution >= 4 is 17.5 Å². The molecule has 5 nitrogen and oxygen atoms in total. The van der Waals surface area contributed by atoms with Crippen LogP contribution in [0.4, 0.5) is 0 Å². The molecular weight excluding hydrogens is 290 g/mol. The van der Waals surface area contributed by atoms with E-state index in [9.17, 15) is 4.79 Å². The molecule has 1 aromatic carbocycles. The quantitative estimate of drug-likeness (QED) is 0.552. The van der Waals surface area contributed by atoms with Crippen LogP contribution in [0.15, 0.2) is 36.0 Å². The van der Waals surface area contributed by atoms with E-state index in [1.54, 1.807) is 38.1 Å². The largest absolute Gasteiger partial charge is 0.394 e. The number of halogens is 1. The SMILES string of the molecule is CC(C)(CO)N/C=C(/C#N)C(=O)NCc1ccc(Cl)cc1. The van der Waals surface area contributed by atoms with Gasteiger partial charge in [-0.1, -0.05) is 23.7 Å². The first-order valence-corrected chi connectivity index (χ1v) is 6.77. The van der Waals surface area contributed by atoms with Gasteiger partial charge in [0.2, 0.25) is 0 Å². The van der Waals surface area contributed by atoms with Gasteiger partial charge in [0.15, 0.2) is 0 Å². The third kappa shape index (κ3) is 5.86. The first-order valence-electron chi connectivity index (χ1n) is 6.39. The molecule has 112 valence electrons. The lowest BCUT2D eigenvalue weighted by molar-refractivity contribution is -0.117. The van der Waals surface area contributed by atoms with Gasteiger partial charge in [-0.2, -0.15) is 5.26 Å². The fourth-order valence-corrected chi connectivity index (χ4v) is 1.47. The van der Waals surface area contributed by atoms with E-state index in [1.165, 1.54) is 6.20 Å². The predicted molar refractivity (Wildman–Crippen MR) is 81.3 cm³/mol. The van der Waals surface area contributed by atoms with Crippen molar-refractivity contribution < 1.29 is 9.90 Å². The molecule has 0 aliphatic heterocycles. The van der Waals surface area contributed by atoms with Crippen molar-refractivity contribution in [1.29, 1.82) is 5.26 Å². The Morgan fingerprint density at radius 3 is 2.57 bits per heavy atom. The number of hydrogen-bond donors (Lipinski definition) is 3. The Kier molecular flexibility index (Phi) is 6.22. The molecule has 6 heteroatoms. The van der Waals surface area contributed by atoms with Gasteiger partial charge in [-0.05, 0) is 31.5 Å². The van der Waals surface area contributed by atoms with Crippen molar-refractivity contribution in [2.24, 2.45) is 0 Å². The number of aliphatic hydroxyl groups is 1. The van der Waals surface area contributed by atoms with E-state index >= 15 is 0 Å². The molecule has 0 aliphatic carbocycles. The second-order valence-electron chi connectivity index (χ2n) is 5.17. The predicted octanol–water partition coefficient (Wildman–Crippen LogP) is 1.72. The second-order valence-corrected chi connectivity index (χ2v) is 5.60. The maximum absolute atomic E-state index is 11.9. The molecule has 1 aromatic rings. The molecule has 0 aliphatic rings. The molecule has 0 bridgehead atoms.